The van der Waals surface area contributed by atoms with Crippen LogP contribution in [-0.2, 0) is 10.0 Å². The Morgan fingerprint density at radius 1 is 1.21 bits per heavy atom. The lowest BCUT2D eigenvalue weighted by Crippen LogP contribution is -2.50. The Hall–Kier alpha value is -2.26. The fourth-order valence-electron chi connectivity index (χ4n) is 2.53. The summed E-state index contributed by atoms with van der Waals surface area (Å²) in [7, 11) is -3.77. The lowest BCUT2D eigenvalue weighted by atomic mass is 10.3. The van der Waals surface area contributed by atoms with Crippen molar-refractivity contribution < 1.29 is 22.1 Å². The molecule has 1 aliphatic rings. The van der Waals surface area contributed by atoms with E-state index in [4.69, 9.17) is 4.52 Å². The van der Waals surface area contributed by atoms with E-state index in [-0.39, 0.29) is 42.7 Å². The number of halogens is 1. The summed E-state index contributed by atoms with van der Waals surface area (Å²) in [5.41, 5.74) is 0.602. The van der Waals surface area contributed by atoms with Gasteiger partial charge in [0.2, 0.25) is 15.8 Å². The third-order valence-corrected chi connectivity index (χ3v) is 5.69. The molecule has 0 spiro atoms. The molecule has 0 unspecified atom stereocenters. The van der Waals surface area contributed by atoms with Gasteiger partial charge >= 0.3 is 0 Å². The second kappa shape index (κ2) is 6.33. The third kappa shape index (κ3) is 3.17. The summed E-state index contributed by atoms with van der Waals surface area (Å²) >= 11 is 0. The van der Waals surface area contributed by atoms with Gasteiger partial charge in [-0.2, -0.15) is 4.31 Å². The van der Waals surface area contributed by atoms with Crippen LogP contribution in [0, 0.1) is 12.7 Å². The maximum Gasteiger partial charge on any atom is 0.292 e. The summed E-state index contributed by atoms with van der Waals surface area (Å²) in [6.07, 6.45) is 0. The first-order chi connectivity index (χ1) is 11.4. The number of piperazine rings is 1. The smallest absolute Gasteiger partial charge is 0.292 e. The largest absolute Gasteiger partial charge is 0.351 e. The Morgan fingerprint density at radius 2 is 1.92 bits per heavy atom. The first-order valence-corrected chi connectivity index (χ1v) is 8.80. The number of rotatable bonds is 3. The minimum Gasteiger partial charge on any atom is -0.351 e. The summed E-state index contributed by atoms with van der Waals surface area (Å²) < 4.78 is 44.5. The van der Waals surface area contributed by atoms with Crippen molar-refractivity contribution in [2.45, 2.75) is 11.8 Å². The Morgan fingerprint density at radius 3 is 2.50 bits per heavy atom. The molecule has 0 N–H and O–H groups in total. The van der Waals surface area contributed by atoms with Gasteiger partial charge in [0.1, 0.15) is 5.82 Å². The number of aromatic nitrogens is 1. The molecule has 0 saturated carbocycles. The molecule has 2 aromatic rings. The van der Waals surface area contributed by atoms with Crippen LogP contribution in [0.15, 0.2) is 39.8 Å². The molecule has 7 nitrogen and oxygen atoms in total. The van der Waals surface area contributed by atoms with Gasteiger partial charge in [-0.1, -0.05) is 11.2 Å². The molecule has 1 amide bonds. The molecule has 1 aromatic heterocycles. The van der Waals surface area contributed by atoms with E-state index in [0.717, 1.165) is 6.07 Å². The van der Waals surface area contributed by atoms with Gasteiger partial charge in [0.05, 0.1) is 10.6 Å². The van der Waals surface area contributed by atoms with Crippen LogP contribution >= 0.6 is 0 Å². The molecule has 0 radical (unpaired) electrons. The molecule has 2 heterocycles. The number of aryl methyl sites for hydroxylation is 1. The van der Waals surface area contributed by atoms with Crippen molar-refractivity contribution in [2.24, 2.45) is 0 Å². The Kier molecular flexibility index (Phi) is 4.37. The highest BCUT2D eigenvalue weighted by molar-refractivity contribution is 7.89. The van der Waals surface area contributed by atoms with Gasteiger partial charge in [-0.3, -0.25) is 4.79 Å². The van der Waals surface area contributed by atoms with Crippen molar-refractivity contribution in [1.82, 2.24) is 14.4 Å². The van der Waals surface area contributed by atoms with Gasteiger partial charge in [-0.25, -0.2) is 12.8 Å². The lowest BCUT2D eigenvalue weighted by Gasteiger charge is -2.33. The fraction of sp³-hybridized carbons (Fsp3) is 0.333. The van der Waals surface area contributed by atoms with Gasteiger partial charge in [-0.05, 0) is 25.1 Å². The van der Waals surface area contributed by atoms with E-state index in [1.165, 1.54) is 33.5 Å². The van der Waals surface area contributed by atoms with E-state index in [1.807, 2.05) is 0 Å². The third-order valence-electron chi connectivity index (χ3n) is 3.80. The number of sulfonamides is 1. The summed E-state index contributed by atoms with van der Waals surface area (Å²) in [5, 5.41) is 3.67. The van der Waals surface area contributed by atoms with E-state index >= 15 is 0 Å². The van der Waals surface area contributed by atoms with Crippen molar-refractivity contribution in [1.29, 1.82) is 0 Å². The molecule has 1 aliphatic heterocycles. The molecule has 1 saturated heterocycles. The SMILES string of the molecule is Cc1cc(C(=O)N2CCN(S(=O)(=O)c3cccc(F)c3)CC2)on1. The molecule has 1 fully saturated rings. The minimum atomic E-state index is -3.77. The molecule has 0 atom stereocenters. The van der Waals surface area contributed by atoms with Crippen LogP contribution in [0.2, 0.25) is 0 Å². The van der Waals surface area contributed by atoms with Crippen molar-refractivity contribution in [3.8, 4) is 0 Å². The number of amides is 1. The average molecular weight is 353 g/mol. The molecular formula is C15H16FN3O4S. The summed E-state index contributed by atoms with van der Waals surface area (Å²) in [6.45, 7) is 2.44. The number of carbonyl (C=O) groups is 1. The lowest BCUT2D eigenvalue weighted by molar-refractivity contribution is 0.0656. The Balaban J connectivity index is 1.69. The molecular weight excluding hydrogens is 337 g/mol. The van der Waals surface area contributed by atoms with Gasteiger partial charge in [0.15, 0.2) is 0 Å². The van der Waals surface area contributed by atoms with Crippen LogP contribution < -0.4 is 0 Å². The molecule has 1 aromatic carbocycles. The molecule has 0 bridgehead atoms. The zero-order chi connectivity index (χ0) is 17.3. The number of nitrogens with zero attached hydrogens (tertiary/aromatic N) is 3. The molecule has 24 heavy (non-hydrogen) atoms. The molecule has 3 rings (SSSR count). The van der Waals surface area contributed by atoms with Crippen LogP contribution in [-0.4, -0.2) is 54.9 Å². The van der Waals surface area contributed by atoms with Gasteiger partial charge < -0.3 is 9.42 Å². The molecule has 0 aliphatic carbocycles. The van der Waals surface area contributed by atoms with E-state index in [9.17, 15) is 17.6 Å². The highest BCUT2D eigenvalue weighted by atomic mass is 32.2. The van der Waals surface area contributed by atoms with Gasteiger partial charge in [-0.15, -0.1) is 0 Å². The first-order valence-electron chi connectivity index (χ1n) is 7.36. The Labute approximate surface area is 138 Å². The van der Waals surface area contributed by atoms with E-state index in [2.05, 4.69) is 5.16 Å². The van der Waals surface area contributed by atoms with Crippen molar-refractivity contribution in [3.63, 3.8) is 0 Å². The Bertz CT molecular complexity index is 857. The monoisotopic (exact) mass is 353 g/mol. The second-order valence-electron chi connectivity index (χ2n) is 5.49. The standard InChI is InChI=1S/C15H16FN3O4S/c1-11-9-14(23-17-11)15(20)18-5-7-19(8-6-18)24(21,22)13-4-2-3-12(16)10-13/h2-4,9-10H,5-8H2,1H3. The minimum absolute atomic E-state index is 0.0897. The summed E-state index contributed by atoms with van der Waals surface area (Å²) in [6, 6.07) is 6.43. The van der Waals surface area contributed by atoms with Crippen LogP contribution in [0.25, 0.3) is 0 Å². The van der Waals surface area contributed by atoms with Crippen LogP contribution in [0.3, 0.4) is 0 Å². The number of benzene rings is 1. The summed E-state index contributed by atoms with van der Waals surface area (Å²) in [4.78, 5) is 13.7. The number of hydrogen-bond donors (Lipinski definition) is 0. The average Bonchev–Trinajstić information content (AvgIpc) is 3.01. The second-order valence-corrected chi connectivity index (χ2v) is 7.42. The normalized spacial score (nSPS) is 16.3. The van der Waals surface area contributed by atoms with E-state index < -0.39 is 15.8 Å². The van der Waals surface area contributed by atoms with Crippen molar-refractivity contribution in [2.75, 3.05) is 26.2 Å². The summed E-state index contributed by atoms with van der Waals surface area (Å²) in [5.74, 6) is -0.794. The maximum absolute atomic E-state index is 13.3. The van der Waals surface area contributed by atoms with E-state index in [0.29, 0.717) is 5.69 Å². The highest BCUT2D eigenvalue weighted by Crippen LogP contribution is 2.19. The first kappa shape index (κ1) is 16.6. The zero-order valence-corrected chi connectivity index (χ0v) is 13.8. The van der Waals surface area contributed by atoms with Crippen LogP contribution in [0.1, 0.15) is 16.2 Å². The predicted molar refractivity (Wildman–Crippen MR) is 82.3 cm³/mol. The predicted octanol–water partition coefficient (Wildman–Crippen LogP) is 1.27. The van der Waals surface area contributed by atoms with Gasteiger partial charge in [0.25, 0.3) is 5.91 Å². The van der Waals surface area contributed by atoms with Crippen molar-refractivity contribution in [3.05, 3.63) is 47.6 Å². The molecule has 9 heteroatoms. The van der Waals surface area contributed by atoms with Crippen LogP contribution in [0.5, 0.6) is 0 Å². The topological polar surface area (TPSA) is 83.7 Å². The zero-order valence-electron chi connectivity index (χ0n) is 13.0. The van der Waals surface area contributed by atoms with Crippen molar-refractivity contribution >= 4 is 15.9 Å². The quantitative estimate of drug-likeness (QED) is 0.830. The fourth-order valence-corrected chi connectivity index (χ4v) is 3.98. The number of carbonyl (C=O) groups excluding carboxylic acids is 1. The van der Waals surface area contributed by atoms with Crippen LogP contribution in [0.4, 0.5) is 4.39 Å². The number of hydrogen-bond acceptors (Lipinski definition) is 5. The maximum atomic E-state index is 13.3. The van der Waals surface area contributed by atoms with Gasteiger partial charge in [0, 0.05) is 32.2 Å². The van der Waals surface area contributed by atoms with E-state index in [1.54, 1.807) is 6.92 Å². The highest BCUT2D eigenvalue weighted by Gasteiger charge is 2.31. The molecule has 128 valence electrons.